The monoisotopic (exact) mass is 416 g/mol. The Hall–Kier alpha value is -3.23. The number of aryl methyl sites for hydroxylation is 1. The zero-order valence-corrected chi connectivity index (χ0v) is 17.3. The maximum absolute atomic E-state index is 10.7. The number of morpholine rings is 1. The number of phenols is 1. The molecule has 5 heterocycles. The van der Waals surface area contributed by atoms with Gasteiger partial charge in [-0.3, -0.25) is 4.68 Å². The fourth-order valence-electron chi connectivity index (χ4n) is 4.91. The van der Waals surface area contributed by atoms with Crippen LogP contribution in [0.4, 0.5) is 0 Å². The minimum absolute atomic E-state index is 0.181. The lowest BCUT2D eigenvalue weighted by atomic mass is 9.92. The number of benzene rings is 1. The second-order valence-electron chi connectivity index (χ2n) is 8.59. The van der Waals surface area contributed by atoms with E-state index in [1.807, 2.05) is 31.4 Å². The van der Waals surface area contributed by atoms with Gasteiger partial charge in [-0.25, -0.2) is 0 Å². The normalized spacial score (nSPS) is 23.3. The van der Waals surface area contributed by atoms with Crippen LogP contribution in [0.15, 0.2) is 48.9 Å². The number of fused-ring (bicyclic) bond motifs is 3. The van der Waals surface area contributed by atoms with E-state index < -0.39 is 0 Å². The number of nitrogens with zero attached hydrogens (tertiary/aromatic N) is 5. The van der Waals surface area contributed by atoms with E-state index in [-0.39, 0.29) is 5.75 Å². The van der Waals surface area contributed by atoms with Crippen LogP contribution in [0.2, 0.25) is 0 Å². The first-order chi connectivity index (χ1) is 15.1. The molecule has 4 aromatic rings. The summed E-state index contributed by atoms with van der Waals surface area (Å²) in [5, 5.41) is 28.5. The average molecular weight is 416 g/mol. The first-order valence-electron chi connectivity index (χ1n) is 10.6. The van der Waals surface area contributed by atoms with Gasteiger partial charge in [0.2, 0.25) is 0 Å². The van der Waals surface area contributed by atoms with Crippen molar-refractivity contribution in [2.24, 2.45) is 7.05 Å². The number of rotatable bonds is 3. The van der Waals surface area contributed by atoms with Gasteiger partial charge in [0.15, 0.2) is 5.65 Å². The highest BCUT2D eigenvalue weighted by atomic mass is 16.5. The predicted molar refractivity (Wildman–Crippen MR) is 117 cm³/mol. The van der Waals surface area contributed by atoms with Gasteiger partial charge in [0, 0.05) is 54.1 Å². The predicted octanol–water partition coefficient (Wildman–Crippen LogP) is 2.90. The molecule has 2 atom stereocenters. The first kappa shape index (κ1) is 18.5. The van der Waals surface area contributed by atoms with Crippen LogP contribution in [0.5, 0.6) is 5.75 Å². The molecule has 8 nitrogen and oxygen atoms in total. The second kappa shape index (κ2) is 7.18. The van der Waals surface area contributed by atoms with E-state index in [4.69, 9.17) is 4.74 Å². The number of aromatic nitrogens is 5. The molecular formula is C23H24N6O2. The third-order valence-electron chi connectivity index (χ3n) is 6.39. The van der Waals surface area contributed by atoms with Crippen molar-refractivity contribution in [3.05, 3.63) is 48.9 Å². The van der Waals surface area contributed by atoms with Crippen LogP contribution < -0.4 is 5.32 Å². The van der Waals surface area contributed by atoms with E-state index >= 15 is 0 Å². The van der Waals surface area contributed by atoms with Crippen LogP contribution in [-0.4, -0.2) is 54.9 Å². The number of aromatic hydroxyl groups is 1. The average Bonchev–Trinajstić information content (AvgIpc) is 3.39. The third-order valence-corrected chi connectivity index (χ3v) is 6.39. The fourth-order valence-corrected chi connectivity index (χ4v) is 4.91. The Balaban J connectivity index is 1.31. The Morgan fingerprint density at radius 1 is 1.06 bits per heavy atom. The molecule has 2 aliphatic heterocycles. The highest BCUT2D eigenvalue weighted by Crippen LogP contribution is 2.35. The lowest BCUT2D eigenvalue weighted by molar-refractivity contribution is 0.0106. The Bertz CT molecular complexity index is 1250. The van der Waals surface area contributed by atoms with E-state index in [0.717, 1.165) is 48.2 Å². The van der Waals surface area contributed by atoms with Crippen molar-refractivity contribution in [2.45, 2.75) is 31.0 Å². The molecule has 0 radical (unpaired) electrons. The number of piperidine rings is 1. The Kier molecular flexibility index (Phi) is 4.29. The van der Waals surface area contributed by atoms with E-state index in [1.54, 1.807) is 16.9 Å². The van der Waals surface area contributed by atoms with Crippen molar-refractivity contribution in [3.8, 4) is 28.1 Å². The second-order valence-corrected chi connectivity index (χ2v) is 8.59. The number of hydrogen-bond donors (Lipinski definition) is 2. The summed E-state index contributed by atoms with van der Waals surface area (Å²) in [6.07, 6.45) is 7.87. The molecular weight excluding hydrogens is 392 g/mol. The smallest absolute Gasteiger partial charge is 0.162 e. The SMILES string of the molecule is Cn1cc(-c2ccc(-c3cc4ccn(C5CC6COCC(C5)N6)c4nn3)c(O)c2)cn1. The van der Waals surface area contributed by atoms with Crippen LogP contribution in [0.25, 0.3) is 33.4 Å². The van der Waals surface area contributed by atoms with Gasteiger partial charge >= 0.3 is 0 Å². The van der Waals surface area contributed by atoms with E-state index in [9.17, 15) is 5.11 Å². The molecule has 2 aliphatic rings. The Morgan fingerprint density at radius 2 is 1.90 bits per heavy atom. The zero-order valence-electron chi connectivity index (χ0n) is 17.3. The summed E-state index contributed by atoms with van der Waals surface area (Å²) in [7, 11) is 1.87. The molecule has 0 spiro atoms. The van der Waals surface area contributed by atoms with Crippen LogP contribution in [-0.2, 0) is 11.8 Å². The zero-order chi connectivity index (χ0) is 20.9. The van der Waals surface area contributed by atoms with Crippen molar-refractivity contribution >= 4 is 11.0 Å². The van der Waals surface area contributed by atoms with Gasteiger partial charge in [0.25, 0.3) is 0 Å². The summed E-state index contributed by atoms with van der Waals surface area (Å²) in [5.74, 6) is 0.181. The van der Waals surface area contributed by atoms with Crippen molar-refractivity contribution in [3.63, 3.8) is 0 Å². The molecule has 2 saturated heterocycles. The quantitative estimate of drug-likeness (QED) is 0.534. The van der Waals surface area contributed by atoms with E-state index in [2.05, 4.69) is 37.4 Å². The molecule has 0 saturated carbocycles. The minimum Gasteiger partial charge on any atom is -0.507 e. The molecule has 31 heavy (non-hydrogen) atoms. The van der Waals surface area contributed by atoms with Gasteiger partial charge in [-0.15, -0.1) is 10.2 Å². The van der Waals surface area contributed by atoms with Gasteiger partial charge in [0.1, 0.15) is 5.75 Å². The lowest BCUT2D eigenvalue weighted by Gasteiger charge is -2.40. The number of phenolic OH excluding ortho intramolecular Hbond substituents is 1. The number of ether oxygens (including phenoxy) is 1. The van der Waals surface area contributed by atoms with Crippen LogP contribution >= 0.6 is 0 Å². The van der Waals surface area contributed by atoms with Gasteiger partial charge in [-0.2, -0.15) is 5.10 Å². The summed E-state index contributed by atoms with van der Waals surface area (Å²) in [5.41, 5.74) is 4.09. The standard InChI is InChI=1S/C23H24N6O2/c1-28-11-16(10-24-28)14-2-3-20(22(30)7-14)21-6-15-4-5-29(23(15)27-26-21)19-8-17-12-31-13-18(9-19)25-17/h2-7,10-11,17-19,25,30H,8-9,12-13H2,1H3. The molecule has 2 N–H and O–H groups in total. The van der Waals surface area contributed by atoms with Gasteiger partial charge in [-0.1, -0.05) is 6.07 Å². The maximum Gasteiger partial charge on any atom is 0.162 e. The van der Waals surface area contributed by atoms with Crippen LogP contribution in [0.1, 0.15) is 18.9 Å². The summed E-state index contributed by atoms with van der Waals surface area (Å²) in [6.45, 7) is 1.55. The van der Waals surface area contributed by atoms with Gasteiger partial charge in [0.05, 0.1) is 25.1 Å². The Labute approximate surface area is 179 Å². The lowest BCUT2D eigenvalue weighted by Crippen LogP contribution is -2.54. The minimum atomic E-state index is 0.181. The molecule has 3 aromatic heterocycles. The largest absolute Gasteiger partial charge is 0.507 e. The number of nitrogens with one attached hydrogen (secondary N) is 1. The molecule has 0 amide bonds. The summed E-state index contributed by atoms with van der Waals surface area (Å²) >= 11 is 0. The highest BCUT2D eigenvalue weighted by molar-refractivity contribution is 5.82. The van der Waals surface area contributed by atoms with E-state index in [0.29, 0.717) is 29.4 Å². The molecule has 2 fully saturated rings. The number of hydrogen-bond acceptors (Lipinski definition) is 6. The van der Waals surface area contributed by atoms with Crippen molar-refractivity contribution in [1.29, 1.82) is 0 Å². The van der Waals surface area contributed by atoms with Crippen molar-refractivity contribution in [2.75, 3.05) is 13.2 Å². The van der Waals surface area contributed by atoms with Crippen LogP contribution in [0.3, 0.4) is 0 Å². The molecule has 158 valence electrons. The van der Waals surface area contributed by atoms with Gasteiger partial charge < -0.3 is 19.7 Å². The van der Waals surface area contributed by atoms with Crippen LogP contribution in [0, 0.1) is 0 Å². The molecule has 2 bridgehead atoms. The molecule has 6 rings (SSSR count). The molecule has 2 unspecified atom stereocenters. The summed E-state index contributed by atoms with van der Waals surface area (Å²) in [6, 6.07) is 10.9. The molecule has 0 aliphatic carbocycles. The van der Waals surface area contributed by atoms with Crippen molar-refractivity contribution < 1.29 is 9.84 Å². The first-order valence-corrected chi connectivity index (χ1v) is 10.6. The fraction of sp³-hybridized carbons (Fsp3) is 0.348. The summed E-state index contributed by atoms with van der Waals surface area (Å²) in [4.78, 5) is 0. The highest BCUT2D eigenvalue weighted by Gasteiger charge is 2.33. The maximum atomic E-state index is 10.7. The van der Waals surface area contributed by atoms with Gasteiger partial charge in [-0.05, 0) is 42.7 Å². The van der Waals surface area contributed by atoms with Crippen molar-refractivity contribution in [1.82, 2.24) is 29.9 Å². The van der Waals surface area contributed by atoms with E-state index in [1.165, 1.54) is 0 Å². The molecule has 1 aromatic carbocycles. The molecule has 8 heteroatoms. The summed E-state index contributed by atoms with van der Waals surface area (Å²) < 4.78 is 9.67. The Morgan fingerprint density at radius 3 is 2.65 bits per heavy atom. The third kappa shape index (κ3) is 3.28. The topological polar surface area (TPSA) is 90.0 Å².